The van der Waals surface area contributed by atoms with Gasteiger partial charge in [0.05, 0.1) is 17.5 Å². The van der Waals surface area contributed by atoms with Crippen LogP contribution in [0.2, 0.25) is 0 Å². The monoisotopic (exact) mass is 396 g/mol. The molecule has 1 heterocycles. The lowest BCUT2D eigenvalue weighted by Gasteiger charge is -2.17. The second-order valence-corrected chi connectivity index (χ2v) is 7.72. The normalized spacial score (nSPS) is 11.2. The molecule has 0 amide bonds. The van der Waals surface area contributed by atoms with E-state index in [1.54, 1.807) is 17.6 Å². The molecule has 0 spiro atoms. The number of hydrogen-bond donors (Lipinski definition) is 0. The number of Topliss-reactive ketones (excluding diaryl/α,β-unsaturated/α-hetero) is 1. The van der Waals surface area contributed by atoms with Crippen LogP contribution in [0.25, 0.3) is 10.9 Å². The molecule has 0 aliphatic carbocycles. The number of thioether (sulfide) groups is 1. The summed E-state index contributed by atoms with van der Waals surface area (Å²) in [6.45, 7) is 7.97. The van der Waals surface area contributed by atoms with Gasteiger partial charge >= 0.3 is 0 Å². The lowest BCUT2D eigenvalue weighted by Crippen LogP contribution is -2.25. The number of ketones is 1. The fourth-order valence-electron chi connectivity index (χ4n) is 3.03. The Labute approximate surface area is 168 Å². The number of benzene rings is 2. The molecule has 5 nitrogen and oxygen atoms in total. The number of fused-ring (bicyclic) bond motifs is 1. The van der Waals surface area contributed by atoms with Gasteiger partial charge in [0.2, 0.25) is 0 Å². The predicted molar refractivity (Wildman–Crippen MR) is 114 cm³/mol. The maximum absolute atomic E-state index is 13.0. The van der Waals surface area contributed by atoms with Gasteiger partial charge in [-0.25, -0.2) is 4.98 Å². The number of hydrogen-bond acceptors (Lipinski definition) is 5. The molecule has 1 aromatic heterocycles. The second-order valence-electron chi connectivity index (χ2n) is 6.78. The third-order valence-corrected chi connectivity index (χ3v) is 5.42. The number of rotatable bonds is 7. The van der Waals surface area contributed by atoms with E-state index < -0.39 is 0 Å². The maximum Gasteiger partial charge on any atom is 0.262 e. The zero-order chi connectivity index (χ0) is 20.3. The lowest BCUT2D eigenvalue weighted by atomic mass is 10.1. The van der Waals surface area contributed by atoms with Crippen molar-refractivity contribution in [3.63, 3.8) is 0 Å². The first-order valence-electron chi connectivity index (χ1n) is 9.33. The molecule has 3 aromatic rings. The van der Waals surface area contributed by atoms with Gasteiger partial charge in [0, 0.05) is 22.9 Å². The van der Waals surface area contributed by atoms with Crippen molar-refractivity contribution in [2.24, 2.45) is 0 Å². The highest BCUT2D eigenvalue weighted by molar-refractivity contribution is 7.98. The van der Waals surface area contributed by atoms with Crippen molar-refractivity contribution in [3.05, 3.63) is 63.9 Å². The number of carbonyl (C=O) groups excluding carboxylic acids is 1. The summed E-state index contributed by atoms with van der Waals surface area (Å²) in [5, 5.41) is 1.28. The van der Waals surface area contributed by atoms with Crippen molar-refractivity contribution >= 4 is 28.4 Å². The molecule has 0 saturated carbocycles. The van der Waals surface area contributed by atoms with E-state index in [0.717, 1.165) is 11.3 Å². The van der Waals surface area contributed by atoms with Gasteiger partial charge in [0.15, 0.2) is 10.9 Å². The van der Waals surface area contributed by atoms with Crippen molar-refractivity contribution in [1.29, 1.82) is 0 Å². The van der Waals surface area contributed by atoms with Crippen molar-refractivity contribution in [3.8, 4) is 5.75 Å². The Morgan fingerprint density at radius 2 is 1.96 bits per heavy atom. The van der Waals surface area contributed by atoms with Gasteiger partial charge in [0.1, 0.15) is 5.75 Å². The van der Waals surface area contributed by atoms with Crippen LogP contribution in [-0.4, -0.2) is 21.9 Å². The minimum Gasteiger partial charge on any atom is -0.494 e. The van der Waals surface area contributed by atoms with Crippen molar-refractivity contribution in [2.75, 3.05) is 6.61 Å². The Morgan fingerprint density at radius 3 is 2.64 bits per heavy atom. The van der Waals surface area contributed by atoms with Crippen LogP contribution in [0.15, 0.2) is 52.4 Å². The summed E-state index contributed by atoms with van der Waals surface area (Å²) in [7, 11) is 0. The Hall–Kier alpha value is -2.60. The van der Waals surface area contributed by atoms with E-state index in [1.807, 2.05) is 57.2 Å². The summed E-state index contributed by atoms with van der Waals surface area (Å²) >= 11 is 1.48. The average molecular weight is 397 g/mol. The van der Waals surface area contributed by atoms with Crippen molar-refractivity contribution in [2.45, 2.75) is 44.6 Å². The third-order valence-electron chi connectivity index (χ3n) is 4.42. The van der Waals surface area contributed by atoms with Crippen molar-refractivity contribution < 1.29 is 9.53 Å². The average Bonchev–Trinajstić information content (AvgIpc) is 2.67. The molecule has 3 rings (SSSR count). The van der Waals surface area contributed by atoms with Crippen LogP contribution in [0.3, 0.4) is 0 Å². The highest BCUT2D eigenvalue weighted by Gasteiger charge is 2.15. The SMILES string of the molecule is CCOc1ccc(C(C)=O)cc1CSc1nc2ccccc2c(=O)n1C(C)C. The van der Waals surface area contributed by atoms with E-state index in [4.69, 9.17) is 9.72 Å². The van der Waals surface area contributed by atoms with Crippen LogP contribution in [-0.2, 0) is 5.75 Å². The van der Waals surface area contributed by atoms with Crippen LogP contribution in [0.5, 0.6) is 5.75 Å². The third kappa shape index (κ3) is 4.12. The van der Waals surface area contributed by atoms with Gasteiger partial charge in [-0.05, 0) is 58.0 Å². The van der Waals surface area contributed by atoms with Crippen LogP contribution in [0, 0.1) is 0 Å². The smallest absolute Gasteiger partial charge is 0.262 e. The van der Waals surface area contributed by atoms with E-state index in [2.05, 4.69) is 0 Å². The Balaban J connectivity index is 2.02. The molecule has 0 unspecified atom stereocenters. The summed E-state index contributed by atoms with van der Waals surface area (Å²) < 4.78 is 7.44. The Bertz CT molecular complexity index is 1070. The first-order chi connectivity index (χ1) is 13.4. The van der Waals surface area contributed by atoms with Gasteiger partial charge in [0.25, 0.3) is 5.56 Å². The molecule has 0 saturated heterocycles. The fraction of sp³-hybridized carbons (Fsp3) is 0.318. The topological polar surface area (TPSA) is 61.2 Å². The van der Waals surface area contributed by atoms with Crippen LogP contribution in [0.4, 0.5) is 0 Å². The highest BCUT2D eigenvalue weighted by Crippen LogP contribution is 2.29. The predicted octanol–water partition coefficient (Wildman–Crippen LogP) is 4.87. The van der Waals surface area contributed by atoms with Crippen molar-refractivity contribution in [1.82, 2.24) is 9.55 Å². The summed E-state index contributed by atoms with van der Waals surface area (Å²) in [5.74, 6) is 1.31. The second kappa shape index (κ2) is 8.61. The quantitative estimate of drug-likeness (QED) is 0.324. The zero-order valence-electron chi connectivity index (χ0n) is 16.6. The number of ether oxygens (including phenoxy) is 1. The van der Waals surface area contributed by atoms with Crippen LogP contribution in [0.1, 0.15) is 49.7 Å². The maximum atomic E-state index is 13.0. The van der Waals surface area contributed by atoms with E-state index in [1.165, 1.54) is 11.8 Å². The molecular weight excluding hydrogens is 372 g/mol. The molecule has 6 heteroatoms. The minimum absolute atomic E-state index is 0.0113. The first kappa shape index (κ1) is 20.1. The number of carbonyl (C=O) groups is 1. The van der Waals surface area contributed by atoms with Gasteiger partial charge in [-0.2, -0.15) is 0 Å². The summed E-state index contributed by atoms with van der Waals surface area (Å²) in [4.78, 5) is 29.4. The summed E-state index contributed by atoms with van der Waals surface area (Å²) in [6.07, 6.45) is 0. The molecule has 0 aliphatic rings. The van der Waals surface area contributed by atoms with Gasteiger partial charge < -0.3 is 4.74 Å². The number of nitrogens with zero attached hydrogens (tertiary/aromatic N) is 2. The van der Waals surface area contributed by atoms with E-state index >= 15 is 0 Å². The lowest BCUT2D eigenvalue weighted by molar-refractivity contribution is 0.101. The van der Waals surface area contributed by atoms with Crippen LogP contribution < -0.4 is 10.3 Å². The van der Waals surface area contributed by atoms with E-state index in [9.17, 15) is 9.59 Å². The Morgan fingerprint density at radius 1 is 1.21 bits per heavy atom. The fourth-order valence-corrected chi connectivity index (χ4v) is 4.14. The van der Waals surface area contributed by atoms with Gasteiger partial charge in [-0.15, -0.1) is 0 Å². The Kier molecular flexibility index (Phi) is 6.19. The molecule has 0 atom stereocenters. The van der Waals surface area contributed by atoms with E-state index in [0.29, 0.717) is 34.0 Å². The summed E-state index contributed by atoms with van der Waals surface area (Å²) in [6, 6.07) is 12.9. The molecule has 0 fully saturated rings. The molecular formula is C22H24N2O3S. The first-order valence-corrected chi connectivity index (χ1v) is 10.3. The molecule has 2 aromatic carbocycles. The number of para-hydroxylation sites is 1. The number of aromatic nitrogens is 2. The molecule has 146 valence electrons. The zero-order valence-corrected chi connectivity index (χ0v) is 17.4. The van der Waals surface area contributed by atoms with E-state index in [-0.39, 0.29) is 17.4 Å². The molecule has 28 heavy (non-hydrogen) atoms. The molecule has 0 radical (unpaired) electrons. The largest absolute Gasteiger partial charge is 0.494 e. The van der Waals surface area contributed by atoms with Gasteiger partial charge in [-0.1, -0.05) is 23.9 Å². The highest BCUT2D eigenvalue weighted by atomic mass is 32.2. The standard InChI is InChI=1S/C22H24N2O3S/c1-5-27-20-11-10-16(15(4)25)12-17(20)13-28-22-23-19-9-7-6-8-18(19)21(26)24(22)14(2)3/h6-12,14H,5,13H2,1-4H3. The minimum atomic E-state index is -0.0365. The molecule has 0 N–H and O–H groups in total. The molecule has 0 aliphatic heterocycles. The van der Waals surface area contributed by atoms with Gasteiger partial charge in [-0.3, -0.25) is 14.2 Å². The van der Waals surface area contributed by atoms with Crippen LogP contribution >= 0.6 is 11.8 Å². The molecule has 0 bridgehead atoms. The summed E-state index contributed by atoms with van der Waals surface area (Å²) in [5.41, 5.74) is 2.21.